The summed E-state index contributed by atoms with van der Waals surface area (Å²) in [5, 5.41) is 11.8. The van der Waals surface area contributed by atoms with E-state index < -0.39 is 0 Å². The van der Waals surface area contributed by atoms with Crippen LogP contribution in [-0.2, 0) is 5.88 Å². The van der Waals surface area contributed by atoms with Crippen molar-refractivity contribution in [2.75, 3.05) is 5.32 Å². The predicted octanol–water partition coefficient (Wildman–Crippen LogP) is 3.05. The molecule has 0 bridgehead atoms. The molecule has 1 unspecified atom stereocenters. The zero-order chi connectivity index (χ0) is 12.4. The van der Waals surface area contributed by atoms with Crippen LogP contribution in [-0.4, -0.2) is 15.2 Å². The molecule has 1 N–H and O–H groups in total. The molecular weight excluding hydrogens is 260 g/mol. The number of nitrogens with one attached hydrogen (secondary N) is 1. The van der Waals surface area contributed by atoms with E-state index in [-0.39, 0.29) is 11.9 Å². The Morgan fingerprint density at radius 3 is 2.71 bits per heavy atom. The van der Waals surface area contributed by atoms with Crippen molar-refractivity contribution in [1.29, 1.82) is 0 Å². The average molecular weight is 273 g/mol. The van der Waals surface area contributed by atoms with Crippen LogP contribution in [0, 0.1) is 13.8 Å². The zero-order valence-corrected chi connectivity index (χ0v) is 11.4. The maximum atomic E-state index is 5.59. The molecule has 1 atom stereocenters. The van der Waals surface area contributed by atoms with Crippen molar-refractivity contribution in [3.8, 4) is 0 Å². The summed E-state index contributed by atoms with van der Waals surface area (Å²) in [7, 11) is 0. The minimum Gasteiger partial charge on any atom is -0.407 e. The Labute approximate surface area is 108 Å². The van der Waals surface area contributed by atoms with Crippen molar-refractivity contribution in [1.82, 2.24) is 15.2 Å². The standard InChI is InChI=1S/C10H13ClN4OS/c1-5-9(17-7(3)12-5)6(2)13-10-15-14-8(4-11)16-10/h6H,4H2,1-3H3,(H,13,15). The van der Waals surface area contributed by atoms with Crippen molar-refractivity contribution in [2.45, 2.75) is 32.7 Å². The van der Waals surface area contributed by atoms with Gasteiger partial charge >= 0.3 is 6.01 Å². The minimum absolute atomic E-state index is 0.0878. The van der Waals surface area contributed by atoms with E-state index in [4.69, 9.17) is 16.0 Å². The molecule has 2 aromatic rings. The molecular formula is C10H13ClN4OS. The number of nitrogens with zero attached hydrogens (tertiary/aromatic N) is 3. The van der Waals surface area contributed by atoms with Crippen LogP contribution in [0.1, 0.15) is 34.4 Å². The van der Waals surface area contributed by atoms with Gasteiger partial charge in [-0.05, 0) is 20.8 Å². The monoisotopic (exact) mass is 272 g/mol. The molecule has 5 nitrogen and oxygen atoms in total. The molecule has 0 amide bonds. The van der Waals surface area contributed by atoms with Gasteiger partial charge in [0.25, 0.3) is 0 Å². The van der Waals surface area contributed by atoms with Gasteiger partial charge in [-0.3, -0.25) is 0 Å². The summed E-state index contributed by atoms with van der Waals surface area (Å²) < 4.78 is 5.29. The quantitative estimate of drug-likeness (QED) is 0.867. The van der Waals surface area contributed by atoms with Crippen LogP contribution in [0.5, 0.6) is 0 Å². The normalized spacial score (nSPS) is 12.7. The molecule has 0 saturated carbocycles. The lowest BCUT2D eigenvalue weighted by atomic mass is 10.2. The van der Waals surface area contributed by atoms with Gasteiger partial charge in [0.1, 0.15) is 5.88 Å². The predicted molar refractivity (Wildman–Crippen MR) is 67.5 cm³/mol. The molecule has 2 rings (SSSR count). The Kier molecular flexibility index (Phi) is 3.63. The van der Waals surface area contributed by atoms with E-state index in [1.54, 1.807) is 11.3 Å². The van der Waals surface area contributed by atoms with E-state index in [0.29, 0.717) is 11.9 Å². The highest BCUT2D eigenvalue weighted by Crippen LogP contribution is 2.27. The molecule has 2 aromatic heterocycles. The van der Waals surface area contributed by atoms with E-state index >= 15 is 0 Å². The van der Waals surface area contributed by atoms with E-state index in [1.807, 2.05) is 20.8 Å². The van der Waals surface area contributed by atoms with Crippen molar-refractivity contribution in [2.24, 2.45) is 0 Å². The molecule has 0 saturated heterocycles. The second-order valence-electron chi connectivity index (χ2n) is 3.68. The van der Waals surface area contributed by atoms with Gasteiger partial charge < -0.3 is 9.73 Å². The van der Waals surface area contributed by atoms with E-state index in [0.717, 1.165) is 10.7 Å². The molecule has 0 fully saturated rings. The Bertz CT molecular complexity index is 510. The van der Waals surface area contributed by atoms with Gasteiger partial charge in [0.15, 0.2) is 0 Å². The first-order valence-electron chi connectivity index (χ1n) is 5.19. The van der Waals surface area contributed by atoms with Crippen molar-refractivity contribution >= 4 is 29.0 Å². The summed E-state index contributed by atoms with van der Waals surface area (Å²) in [6, 6.07) is 0.475. The van der Waals surface area contributed by atoms with E-state index in [9.17, 15) is 0 Å². The van der Waals surface area contributed by atoms with E-state index in [2.05, 4.69) is 20.5 Å². The Hall–Kier alpha value is -1.14. The number of hydrogen-bond donors (Lipinski definition) is 1. The fourth-order valence-corrected chi connectivity index (χ4v) is 2.60. The molecule has 92 valence electrons. The molecule has 0 radical (unpaired) electrons. The van der Waals surface area contributed by atoms with Gasteiger partial charge in [0, 0.05) is 4.88 Å². The third kappa shape index (κ3) is 2.76. The van der Waals surface area contributed by atoms with Gasteiger partial charge in [-0.1, -0.05) is 5.10 Å². The number of alkyl halides is 1. The highest BCUT2D eigenvalue weighted by Gasteiger charge is 2.15. The van der Waals surface area contributed by atoms with Gasteiger partial charge in [0.2, 0.25) is 5.89 Å². The number of aromatic nitrogens is 3. The lowest BCUT2D eigenvalue weighted by molar-refractivity contribution is 0.521. The number of rotatable bonds is 4. The van der Waals surface area contributed by atoms with Gasteiger partial charge in [-0.25, -0.2) is 4.98 Å². The second kappa shape index (κ2) is 5.01. The molecule has 0 aliphatic carbocycles. The van der Waals surface area contributed by atoms with Gasteiger partial charge in [-0.2, -0.15) is 0 Å². The van der Waals surface area contributed by atoms with Crippen LogP contribution in [0.3, 0.4) is 0 Å². The van der Waals surface area contributed by atoms with Gasteiger partial charge in [0.05, 0.1) is 16.7 Å². The molecule has 0 aliphatic rings. The highest BCUT2D eigenvalue weighted by molar-refractivity contribution is 7.11. The second-order valence-corrected chi connectivity index (χ2v) is 5.19. The number of aryl methyl sites for hydroxylation is 2. The number of halogens is 1. The molecule has 7 heteroatoms. The van der Waals surface area contributed by atoms with Crippen LogP contribution in [0.25, 0.3) is 0 Å². The summed E-state index contributed by atoms with van der Waals surface area (Å²) in [5.41, 5.74) is 1.03. The largest absolute Gasteiger partial charge is 0.407 e. The first-order chi connectivity index (χ1) is 8.10. The summed E-state index contributed by atoms with van der Waals surface area (Å²) in [6.07, 6.45) is 0. The van der Waals surface area contributed by atoms with Crippen LogP contribution in [0.2, 0.25) is 0 Å². The summed E-state index contributed by atoms with van der Waals surface area (Å²) in [6.45, 7) is 6.02. The fraction of sp³-hybridized carbons (Fsp3) is 0.500. The van der Waals surface area contributed by atoms with E-state index in [1.165, 1.54) is 4.88 Å². The number of hydrogen-bond acceptors (Lipinski definition) is 6. The lowest BCUT2D eigenvalue weighted by Crippen LogP contribution is -2.06. The van der Waals surface area contributed by atoms with Gasteiger partial charge in [-0.15, -0.1) is 28.0 Å². The molecule has 0 aliphatic heterocycles. The van der Waals surface area contributed by atoms with Crippen molar-refractivity contribution < 1.29 is 4.42 Å². The smallest absolute Gasteiger partial charge is 0.316 e. The molecule has 17 heavy (non-hydrogen) atoms. The summed E-state index contributed by atoms with van der Waals surface area (Å²) in [4.78, 5) is 5.56. The van der Waals surface area contributed by atoms with Crippen LogP contribution < -0.4 is 5.32 Å². The average Bonchev–Trinajstić information content (AvgIpc) is 2.85. The van der Waals surface area contributed by atoms with Crippen LogP contribution in [0.15, 0.2) is 4.42 Å². The first-order valence-corrected chi connectivity index (χ1v) is 6.54. The Morgan fingerprint density at radius 2 is 2.18 bits per heavy atom. The molecule has 2 heterocycles. The maximum absolute atomic E-state index is 5.59. The van der Waals surface area contributed by atoms with Crippen LogP contribution in [0.4, 0.5) is 6.01 Å². The molecule has 0 spiro atoms. The Balaban J connectivity index is 2.11. The topological polar surface area (TPSA) is 63.8 Å². The maximum Gasteiger partial charge on any atom is 0.316 e. The summed E-state index contributed by atoms with van der Waals surface area (Å²) in [5.74, 6) is 0.639. The van der Waals surface area contributed by atoms with Crippen LogP contribution >= 0.6 is 22.9 Å². The SMILES string of the molecule is Cc1nc(C)c(C(C)Nc2nnc(CCl)o2)s1. The highest BCUT2D eigenvalue weighted by atomic mass is 35.5. The third-order valence-electron chi connectivity index (χ3n) is 2.25. The number of thiazole rings is 1. The fourth-order valence-electron chi connectivity index (χ4n) is 1.57. The van der Waals surface area contributed by atoms with Crippen molar-refractivity contribution in [3.63, 3.8) is 0 Å². The lowest BCUT2D eigenvalue weighted by Gasteiger charge is -2.09. The zero-order valence-electron chi connectivity index (χ0n) is 9.82. The Morgan fingerprint density at radius 1 is 1.41 bits per heavy atom. The van der Waals surface area contributed by atoms with Crippen molar-refractivity contribution in [3.05, 3.63) is 21.5 Å². The molecule has 0 aromatic carbocycles. The number of anilines is 1. The minimum atomic E-state index is 0.0878. The summed E-state index contributed by atoms with van der Waals surface area (Å²) >= 11 is 7.26. The third-order valence-corrected chi connectivity index (χ3v) is 3.74. The first kappa shape index (κ1) is 12.3.